The Kier molecular flexibility index (Phi) is 3.50. The van der Waals surface area contributed by atoms with Crippen molar-refractivity contribution in [2.75, 3.05) is 30.8 Å². The van der Waals surface area contributed by atoms with Crippen molar-refractivity contribution < 1.29 is 9.53 Å². The minimum atomic E-state index is 0.0710. The molecule has 1 atom stereocenters. The standard InChI is InChI=1S/C14H20N2O2S/c1-8(17)13-12(15)11(10-2-3-10)14(19-13)16-6-9-4-5-18-7-9/h9-10,16H,2-7,15H2,1H3. The summed E-state index contributed by atoms with van der Waals surface area (Å²) in [5.74, 6) is 1.21. The van der Waals surface area contributed by atoms with Crippen molar-refractivity contribution in [3.63, 3.8) is 0 Å². The highest BCUT2D eigenvalue weighted by atomic mass is 32.1. The van der Waals surface area contributed by atoms with E-state index in [2.05, 4.69) is 5.32 Å². The molecule has 19 heavy (non-hydrogen) atoms. The summed E-state index contributed by atoms with van der Waals surface area (Å²) in [6.07, 6.45) is 3.51. The molecule has 4 nitrogen and oxygen atoms in total. The second-order valence-corrected chi connectivity index (χ2v) is 6.55. The highest BCUT2D eigenvalue weighted by Crippen LogP contribution is 2.50. The van der Waals surface area contributed by atoms with E-state index in [-0.39, 0.29) is 5.78 Å². The van der Waals surface area contributed by atoms with E-state index in [0.29, 0.717) is 22.4 Å². The van der Waals surface area contributed by atoms with Gasteiger partial charge in [0.05, 0.1) is 22.2 Å². The van der Waals surface area contributed by atoms with Crippen LogP contribution in [0.5, 0.6) is 0 Å². The lowest BCUT2D eigenvalue weighted by molar-refractivity contribution is 0.102. The molecule has 1 unspecified atom stereocenters. The van der Waals surface area contributed by atoms with E-state index in [1.807, 2.05) is 0 Å². The van der Waals surface area contributed by atoms with Crippen molar-refractivity contribution in [1.29, 1.82) is 0 Å². The molecule has 1 aromatic rings. The van der Waals surface area contributed by atoms with Gasteiger partial charge in [0, 0.05) is 31.6 Å². The molecule has 0 amide bonds. The molecule has 104 valence electrons. The number of hydrogen-bond acceptors (Lipinski definition) is 5. The van der Waals surface area contributed by atoms with Gasteiger partial charge in [0.15, 0.2) is 5.78 Å². The molecule has 0 aromatic carbocycles. The normalized spacial score (nSPS) is 22.7. The van der Waals surface area contributed by atoms with Crippen LogP contribution in [-0.2, 0) is 4.74 Å². The summed E-state index contributed by atoms with van der Waals surface area (Å²) in [6, 6.07) is 0. The molecule has 0 bridgehead atoms. The van der Waals surface area contributed by atoms with Gasteiger partial charge in [-0.05, 0) is 25.2 Å². The van der Waals surface area contributed by atoms with Gasteiger partial charge in [-0.3, -0.25) is 4.79 Å². The number of Topliss-reactive ketones (excluding diaryl/α,β-unsaturated/α-hetero) is 1. The molecule has 1 saturated carbocycles. The Balaban J connectivity index is 1.78. The van der Waals surface area contributed by atoms with Crippen LogP contribution in [0.2, 0.25) is 0 Å². The van der Waals surface area contributed by atoms with Crippen LogP contribution in [0.15, 0.2) is 0 Å². The summed E-state index contributed by atoms with van der Waals surface area (Å²) in [4.78, 5) is 12.3. The van der Waals surface area contributed by atoms with Gasteiger partial charge in [-0.25, -0.2) is 0 Å². The van der Waals surface area contributed by atoms with Crippen LogP contribution >= 0.6 is 11.3 Å². The predicted molar refractivity (Wildman–Crippen MR) is 78.1 cm³/mol. The Labute approximate surface area is 117 Å². The number of carbonyl (C=O) groups is 1. The van der Waals surface area contributed by atoms with E-state index in [4.69, 9.17) is 10.5 Å². The van der Waals surface area contributed by atoms with Crippen LogP contribution in [0.3, 0.4) is 0 Å². The van der Waals surface area contributed by atoms with Gasteiger partial charge in [0.25, 0.3) is 0 Å². The fourth-order valence-corrected chi connectivity index (χ4v) is 3.72. The number of rotatable bonds is 5. The monoisotopic (exact) mass is 280 g/mol. The molecule has 2 fully saturated rings. The van der Waals surface area contributed by atoms with Gasteiger partial charge in [0.2, 0.25) is 0 Å². The lowest BCUT2D eigenvalue weighted by Crippen LogP contribution is -2.14. The van der Waals surface area contributed by atoms with Crippen molar-refractivity contribution in [1.82, 2.24) is 0 Å². The van der Waals surface area contributed by atoms with Crippen molar-refractivity contribution in [3.05, 3.63) is 10.4 Å². The molecule has 5 heteroatoms. The molecule has 1 aromatic heterocycles. The number of anilines is 2. The lowest BCUT2D eigenvalue weighted by Gasteiger charge is -2.11. The average molecular weight is 280 g/mol. The minimum Gasteiger partial charge on any atom is -0.397 e. The van der Waals surface area contributed by atoms with Gasteiger partial charge < -0.3 is 15.8 Å². The topological polar surface area (TPSA) is 64.3 Å². The second kappa shape index (κ2) is 5.13. The van der Waals surface area contributed by atoms with Crippen molar-refractivity contribution in [2.45, 2.75) is 32.1 Å². The third-order valence-electron chi connectivity index (χ3n) is 3.86. The highest BCUT2D eigenvalue weighted by molar-refractivity contribution is 7.18. The summed E-state index contributed by atoms with van der Waals surface area (Å²) < 4.78 is 5.39. The van der Waals surface area contributed by atoms with Gasteiger partial charge >= 0.3 is 0 Å². The molecule has 3 N–H and O–H groups in total. The third-order valence-corrected chi connectivity index (χ3v) is 5.14. The van der Waals surface area contributed by atoms with E-state index >= 15 is 0 Å². The Bertz CT molecular complexity index is 488. The molecule has 2 aliphatic rings. The van der Waals surface area contributed by atoms with Gasteiger partial charge in [-0.1, -0.05) is 0 Å². The first kappa shape index (κ1) is 12.9. The van der Waals surface area contributed by atoms with Crippen molar-refractivity contribution >= 4 is 27.8 Å². The fourth-order valence-electron chi connectivity index (χ4n) is 2.61. The highest BCUT2D eigenvalue weighted by Gasteiger charge is 2.32. The van der Waals surface area contributed by atoms with Crippen LogP contribution in [0, 0.1) is 5.92 Å². The zero-order valence-electron chi connectivity index (χ0n) is 11.2. The number of nitrogens with two attached hydrogens (primary N) is 1. The average Bonchev–Trinajstić information content (AvgIpc) is 2.96. The zero-order chi connectivity index (χ0) is 13.4. The van der Waals surface area contributed by atoms with Crippen LogP contribution in [0.1, 0.15) is 47.3 Å². The molecule has 0 spiro atoms. The molecule has 1 aliphatic heterocycles. The quantitative estimate of drug-likeness (QED) is 0.814. The second-order valence-electron chi connectivity index (χ2n) is 5.53. The van der Waals surface area contributed by atoms with Crippen LogP contribution in [-0.4, -0.2) is 25.5 Å². The van der Waals surface area contributed by atoms with E-state index in [1.165, 1.54) is 29.7 Å². The summed E-state index contributed by atoms with van der Waals surface area (Å²) >= 11 is 1.52. The van der Waals surface area contributed by atoms with E-state index in [0.717, 1.165) is 31.2 Å². The molecule has 0 radical (unpaired) electrons. The minimum absolute atomic E-state index is 0.0710. The maximum Gasteiger partial charge on any atom is 0.171 e. The van der Waals surface area contributed by atoms with E-state index < -0.39 is 0 Å². The number of nitrogen functional groups attached to an aromatic ring is 1. The van der Waals surface area contributed by atoms with Gasteiger partial charge in [-0.15, -0.1) is 11.3 Å². The summed E-state index contributed by atoms with van der Waals surface area (Å²) in [5, 5.41) is 4.61. The Morgan fingerprint density at radius 1 is 1.47 bits per heavy atom. The van der Waals surface area contributed by atoms with Crippen LogP contribution in [0.25, 0.3) is 0 Å². The maximum atomic E-state index is 11.6. The Morgan fingerprint density at radius 2 is 2.26 bits per heavy atom. The predicted octanol–water partition coefficient (Wildman–Crippen LogP) is 2.86. The molecule has 3 rings (SSSR count). The number of ether oxygens (including phenoxy) is 1. The molecular formula is C14H20N2O2S. The number of hydrogen-bond donors (Lipinski definition) is 2. The summed E-state index contributed by atoms with van der Waals surface area (Å²) in [6.45, 7) is 4.21. The van der Waals surface area contributed by atoms with Crippen molar-refractivity contribution in [2.24, 2.45) is 5.92 Å². The molecule has 2 heterocycles. The largest absolute Gasteiger partial charge is 0.397 e. The first-order chi connectivity index (χ1) is 9.16. The maximum absolute atomic E-state index is 11.6. The Morgan fingerprint density at radius 3 is 2.84 bits per heavy atom. The number of nitrogens with one attached hydrogen (secondary N) is 1. The number of thiophene rings is 1. The van der Waals surface area contributed by atoms with Crippen molar-refractivity contribution in [3.8, 4) is 0 Å². The molecule has 1 saturated heterocycles. The molecular weight excluding hydrogens is 260 g/mol. The first-order valence-corrected chi connectivity index (χ1v) is 7.73. The Hall–Kier alpha value is -1.07. The molecule has 1 aliphatic carbocycles. The van der Waals surface area contributed by atoms with E-state index in [9.17, 15) is 4.79 Å². The fraction of sp³-hybridized carbons (Fsp3) is 0.643. The smallest absolute Gasteiger partial charge is 0.171 e. The summed E-state index contributed by atoms with van der Waals surface area (Å²) in [5.41, 5.74) is 8.06. The number of ketones is 1. The third kappa shape index (κ3) is 2.62. The zero-order valence-corrected chi connectivity index (χ0v) is 12.0. The van der Waals surface area contributed by atoms with Crippen LogP contribution < -0.4 is 11.1 Å². The van der Waals surface area contributed by atoms with E-state index in [1.54, 1.807) is 6.92 Å². The number of carbonyl (C=O) groups excluding carboxylic acids is 1. The van der Waals surface area contributed by atoms with Gasteiger partial charge in [-0.2, -0.15) is 0 Å². The van der Waals surface area contributed by atoms with Gasteiger partial charge in [0.1, 0.15) is 0 Å². The first-order valence-electron chi connectivity index (χ1n) is 6.91. The lowest BCUT2D eigenvalue weighted by atomic mass is 10.1. The SMILES string of the molecule is CC(=O)c1sc(NCC2CCOC2)c(C2CC2)c1N. The summed E-state index contributed by atoms with van der Waals surface area (Å²) in [7, 11) is 0. The van der Waals surface area contributed by atoms with Crippen LogP contribution in [0.4, 0.5) is 10.7 Å².